The molecule has 5 heterocycles. The standard InChI is InChI=1S/C34H35N5S/c1-5-23(21-39-16-8-7-9-17-39)18-24(6-2)25-10-11-29-26(19-25)33(38-37-29)30-20-27-28(36-30)14-15-35-34(27)32-13-12-31(40-32)22(3)4/h5-6,10-15,18-20,36H,1,3,7-9,16-17,21H2,2,4H3,(H,37,38)/b23-18+,24-6+. The number of rotatable bonds is 8. The molecule has 0 atom stereocenters. The van der Waals surface area contributed by atoms with E-state index in [0.29, 0.717) is 0 Å². The summed E-state index contributed by atoms with van der Waals surface area (Å²) in [5.74, 6) is 0. The lowest BCUT2D eigenvalue weighted by molar-refractivity contribution is 0.248. The van der Waals surface area contributed by atoms with Crippen molar-refractivity contribution in [2.75, 3.05) is 19.6 Å². The van der Waals surface area contributed by atoms with Crippen LogP contribution in [0.3, 0.4) is 0 Å². The Balaban J connectivity index is 1.36. The van der Waals surface area contributed by atoms with Gasteiger partial charge in [0.25, 0.3) is 0 Å². The van der Waals surface area contributed by atoms with Gasteiger partial charge in [0, 0.05) is 33.9 Å². The smallest absolute Gasteiger partial charge is 0.116 e. The summed E-state index contributed by atoms with van der Waals surface area (Å²) in [6.07, 6.45) is 12.2. The molecule has 1 aromatic carbocycles. The molecule has 202 valence electrons. The Labute approximate surface area is 239 Å². The van der Waals surface area contributed by atoms with Gasteiger partial charge in [-0.3, -0.25) is 15.0 Å². The molecule has 0 radical (unpaired) electrons. The summed E-state index contributed by atoms with van der Waals surface area (Å²) in [7, 11) is 0. The molecule has 0 aliphatic carbocycles. The van der Waals surface area contributed by atoms with Gasteiger partial charge in [0.2, 0.25) is 0 Å². The Morgan fingerprint density at radius 2 is 1.85 bits per heavy atom. The maximum atomic E-state index is 4.74. The molecule has 1 aliphatic rings. The SMILES string of the molecule is C=C/C(=C\C(=C/C)c1ccc2[nH]nc(-c3cc4c(-c5ccc(C(=C)C)s5)nccc4[nH]3)c2c1)CN1CCCCC1. The molecule has 0 saturated carbocycles. The first-order valence-corrected chi connectivity index (χ1v) is 14.8. The average molecular weight is 546 g/mol. The van der Waals surface area contributed by atoms with Crippen molar-refractivity contribution in [3.8, 4) is 22.0 Å². The number of aromatic amines is 2. The van der Waals surface area contributed by atoms with Crippen molar-refractivity contribution < 1.29 is 0 Å². The maximum absolute atomic E-state index is 4.74. The summed E-state index contributed by atoms with van der Waals surface area (Å²) < 4.78 is 0. The zero-order chi connectivity index (χ0) is 27.6. The van der Waals surface area contributed by atoms with E-state index in [9.17, 15) is 0 Å². The van der Waals surface area contributed by atoms with Gasteiger partial charge in [-0.25, -0.2) is 0 Å². The van der Waals surface area contributed by atoms with Crippen LogP contribution in [0.4, 0.5) is 0 Å². The van der Waals surface area contributed by atoms with Crippen LogP contribution in [-0.4, -0.2) is 44.7 Å². The molecule has 5 nitrogen and oxygen atoms in total. The highest BCUT2D eigenvalue weighted by atomic mass is 32.1. The van der Waals surface area contributed by atoms with Crippen LogP contribution in [-0.2, 0) is 0 Å². The van der Waals surface area contributed by atoms with E-state index < -0.39 is 0 Å². The number of allylic oxidation sites excluding steroid dienone is 4. The predicted molar refractivity (Wildman–Crippen MR) is 171 cm³/mol. The quantitative estimate of drug-likeness (QED) is 0.191. The first-order chi connectivity index (χ1) is 19.5. The van der Waals surface area contributed by atoms with Crippen molar-refractivity contribution in [3.63, 3.8) is 0 Å². The van der Waals surface area contributed by atoms with Gasteiger partial charge in [0.05, 0.1) is 21.8 Å². The Morgan fingerprint density at radius 3 is 2.60 bits per heavy atom. The normalized spacial score (nSPS) is 15.2. The van der Waals surface area contributed by atoms with E-state index in [1.54, 1.807) is 11.3 Å². The molecule has 0 amide bonds. The highest BCUT2D eigenvalue weighted by Gasteiger charge is 2.16. The van der Waals surface area contributed by atoms with Crippen molar-refractivity contribution >= 4 is 44.3 Å². The number of likely N-dealkylation sites (tertiary alicyclic amines) is 1. The predicted octanol–water partition coefficient (Wildman–Crippen LogP) is 8.87. The number of hydrogen-bond donors (Lipinski definition) is 2. The summed E-state index contributed by atoms with van der Waals surface area (Å²) in [5.41, 5.74) is 9.59. The second kappa shape index (κ2) is 11.2. The highest BCUT2D eigenvalue weighted by Crippen LogP contribution is 2.37. The van der Waals surface area contributed by atoms with E-state index in [0.717, 1.165) is 55.9 Å². The Morgan fingerprint density at radius 1 is 1.02 bits per heavy atom. The minimum absolute atomic E-state index is 0.907. The molecule has 6 rings (SSSR count). The van der Waals surface area contributed by atoms with Crippen LogP contribution < -0.4 is 0 Å². The van der Waals surface area contributed by atoms with Gasteiger partial charge in [-0.1, -0.05) is 43.9 Å². The van der Waals surface area contributed by atoms with E-state index in [2.05, 4.69) is 83.6 Å². The van der Waals surface area contributed by atoms with E-state index in [1.807, 2.05) is 25.3 Å². The molecule has 6 heteroatoms. The number of nitrogens with zero attached hydrogens (tertiary/aromatic N) is 3. The lowest BCUT2D eigenvalue weighted by atomic mass is 9.99. The van der Waals surface area contributed by atoms with Crippen LogP contribution in [0.5, 0.6) is 0 Å². The minimum atomic E-state index is 0.907. The topological polar surface area (TPSA) is 60.6 Å². The van der Waals surface area contributed by atoms with E-state index in [1.165, 1.54) is 53.9 Å². The van der Waals surface area contributed by atoms with Gasteiger partial charge in [0.1, 0.15) is 5.69 Å². The summed E-state index contributed by atoms with van der Waals surface area (Å²) in [5, 5.41) is 10.1. The van der Waals surface area contributed by atoms with Gasteiger partial charge in [0.15, 0.2) is 0 Å². The van der Waals surface area contributed by atoms with Crippen molar-refractivity contribution in [2.24, 2.45) is 0 Å². The summed E-state index contributed by atoms with van der Waals surface area (Å²) >= 11 is 1.72. The fourth-order valence-electron chi connectivity index (χ4n) is 5.55. The van der Waals surface area contributed by atoms with Gasteiger partial charge in [-0.2, -0.15) is 5.10 Å². The van der Waals surface area contributed by atoms with Crippen LogP contribution in [0.2, 0.25) is 0 Å². The summed E-state index contributed by atoms with van der Waals surface area (Å²) in [6, 6.07) is 15.0. The van der Waals surface area contributed by atoms with Gasteiger partial charge in [-0.05, 0) is 98.5 Å². The second-order valence-electron chi connectivity index (χ2n) is 10.6. The lowest BCUT2D eigenvalue weighted by Crippen LogP contribution is -2.31. The zero-order valence-corrected chi connectivity index (χ0v) is 24.1. The number of aromatic nitrogens is 4. The molecule has 40 heavy (non-hydrogen) atoms. The molecule has 0 bridgehead atoms. The number of benzene rings is 1. The zero-order valence-electron chi connectivity index (χ0n) is 23.3. The molecular formula is C34H35N5S. The largest absolute Gasteiger partial charge is 0.353 e. The van der Waals surface area contributed by atoms with Crippen LogP contribution in [0.15, 0.2) is 85.6 Å². The third-order valence-corrected chi connectivity index (χ3v) is 8.98. The molecule has 1 fully saturated rings. The summed E-state index contributed by atoms with van der Waals surface area (Å²) in [6.45, 7) is 15.6. The fourth-order valence-corrected chi connectivity index (χ4v) is 6.49. The van der Waals surface area contributed by atoms with E-state index in [4.69, 9.17) is 10.1 Å². The lowest BCUT2D eigenvalue weighted by Gasteiger charge is -2.26. The van der Waals surface area contributed by atoms with Crippen molar-refractivity contribution in [3.05, 3.63) is 96.1 Å². The maximum Gasteiger partial charge on any atom is 0.116 e. The summed E-state index contributed by atoms with van der Waals surface area (Å²) in [4.78, 5) is 13.2. The number of thiophene rings is 1. The van der Waals surface area contributed by atoms with Crippen LogP contribution in [0.1, 0.15) is 43.6 Å². The third kappa shape index (κ3) is 5.12. The Kier molecular flexibility index (Phi) is 7.37. The van der Waals surface area contributed by atoms with E-state index in [-0.39, 0.29) is 0 Å². The molecule has 1 aliphatic heterocycles. The third-order valence-electron chi connectivity index (χ3n) is 7.73. The second-order valence-corrected chi connectivity index (χ2v) is 11.7. The van der Waals surface area contributed by atoms with Crippen molar-refractivity contribution in [1.29, 1.82) is 0 Å². The van der Waals surface area contributed by atoms with Crippen molar-refractivity contribution in [1.82, 2.24) is 25.1 Å². The fraction of sp³-hybridized carbons (Fsp3) is 0.235. The molecule has 5 aromatic rings. The number of H-pyrrole nitrogens is 2. The average Bonchev–Trinajstić information content (AvgIpc) is 3.73. The Hall–Kier alpha value is -4.00. The first-order valence-electron chi connectivity index (χ1n) is 14.0. The van der Waals surface area contributed by atoms with Gasteiger partial charge in [-0.15, -0.1) is 11.3 Å². The van der Waals surface area contributed by atoms with Gasteiger partial charge >= 0.3 is 0 Å². The molecule has 4 aromatic heterocycles. The van der Waals surface area contributed by atoms with E-state index >= 15 is 0 Å². The minimum Gasteiger partial charge on any atom is -0.353 e. The molecule has 1 saturated heterocycles. The number of hydrogen-bond acceptors (Lipinski definition) is 4. The van der Waals surface area contributed by atoms with Crippen LogP contribution in [0, 0.1) is 0 Å². The number of piperidine rings is 1. The number of fused-ring (bicyclic) bond motifs is 2. The number of pyridine rings is 1. The molecule has 0 spiro atoms. The highest BCUT2D eigenvalue weighted by molar-refractivity contribution is 7.16. The van der Waals surface area contributed by atoms with Crippen LogP contribution >= 0.6 is 11.3 Å². The van der Waals surface area contributed by atoms with Crippen LogP contribution in [0.25, 0.3) is 54.9 Å². The van der Waals surface area contributed by atoms with Gasteiger partial charge < -0.3 is 4.98 Å². The molecule has 0 unspecified atom stereocenters. The molecular weight excluding hydrogens is 510 g/mol. The molecule has 2 N–H and O–H groups in total. The first kappa shape index (κ1) is 26.2. The van der Waals surface area contributed by atoms with Crippen molar-refractivity contribution in [2.45, 2.75) is 33.1 Å². The number of nitrogens with one attached hydrogen (secondary N) is 2. The Bertz CT molecular complexity index is 1770. The monoisotopic (exact) mass is 545 g/mol.